The van der Waals surface area contributed by atoms with Crippen LogP contribution in [0.1, 0.15) is 23.1 Å². The van der Waals surface area contributed by atoms with E-state index in [1.807, 2.05) is 37.3 Å². The lowest BCUT2D eigenvalue weighted by Crippen LogP contribution is -2.15. The number of hydrogen-bond donors (Lipinski definition) is 1. The van der Waals surface area contributed by atoms with Crippen LogP contribution in [-0.2, 0) is 6.42 Å². The first-order valence-corrected chi connectivity index (χ1v) is 6.24. The van der Waals surface area contributed by atoms with Gasteiger partial charge in [-0.25, -0.2) is 0 Å². The Labute approximate surface area is 109 Å². The molecule has 0 aliphatic rings. The number of halogens is 1. The third-order valence-corrected chi connectivity index (χ3v) is 2.98. The molecule has 0 aromatic carbocycles. The van der Waals surface area contributed by atoms with Gasteiger partial charge < -0.3 is 5.73 Å². The fourth-order valence-electron chi connectivity index (χ4n) is 1.63. The monoisotopic (exact) mass is 291 g/mol. The van der Waals surface area contributed by atoms with Gasteiger partial charge in [-0.2, -0.15) is 0 Å². The highest BCUT2D eigenvalue weighted by atomic mass is 79.9. The molecule has 1 atom stereocenters. The van der Waals surface area contributed by atoms with Gasteiger partial charge in [0.2, 0.25) is 0 Å². The van der Waals surface area contributed by atoms with Crippen molar-refractivity contribution in [1.29, 1.82) is 0 Å². The van der Waals surface area contributed by atoms with Gasteiger partial charge in [-0.05, 0) is 47.1 Å². The molecular weight excluding hydrogens is 278 g/mol. The van der Waals surface area contributed by atoms with E-state index in [1.165, 1.54) is 0 Å². The summed E-state index contributed by atoms with van der Waals surface area (Å²) in [6.07, 6.45) is 2.48. The summed E-state index contributed by atoms with van der Waals surface area (Å²) in [7, 11) is 0. The smallest absolute Gasteiger partial charge is 0.0578 e. The number of hydrogen-bond acceptors (Lipinski definition) is 3. The van der Waals surface area contributed by atoms with Crippen molar-refractivity contribution in [1.82, 2.24) is 9.97 Å². The predicted molar refractivity (Wildman–Crippen MR) is 71.5 cm³/mol. The van der Waals surface area contributed by atoms with Crippen molar-refractivity contribution in [2.75, 3.05) is 0 Å². The molecule has 4 heteroatoms. The standard InChI is InChI=1S/C13H14BrN3/c1-9-3-2-4-13(17-9)12(15)7-11-6-5-10(14)8-16-11/h2-6,8,12H,7,15H2,1H3. The first-order chi connectivity index (χ1) is 8.15. The molecule has 2 rings (SSSR count). The van der Waals surface area contributed by atoms with E-state index in [0.717, 1.165) is 21.6 Å². The number of pyridine rings is 2. The number of nitrogens with two attached hydrogens (primary N) is 1. The second-order valence-electron chi connectivity index (χ2n) is 3.98. The van der Waals surface area contributed by atoms with E-state index in [9.17, 15) is 0 Å². The minimum absolute atomic E-state index is 0.108. The van der Waals surface area contributed by atoms with Crippen LogP contribution >= 0.6 is 15.9 Å². The zero-order chi connectivity index (χ0) is 12.3. The molecule has 0 saturated carbocycles. The molecule has 3 nitrogen and oxygen atoms in total. The molecule has 0 spiro atoms. The number of aryl methyl sites for hydroxylation is 1. The van der Waals surface area contributed by atoms with E-state index in [-0.39, 0.29) is 6.04 Å². The average Bonchev–Trinajstić information content (AvgIpc) is 2.32. The largest absolute Gasteiger partial charge is 0.322 e. The maximum Gasteiger partial charge on any atom is 0.0578 e. The molecule has 17 heavy (non-hydrogen) atoms. The SMILES string of the molecule is Cc1cccc(C(N)Cc2ccc(Br)cn2)n1. The van der Waals surface area contributed by atoms with Crippen molar-refractivity contribution in [3.8, 4) is 0 Å². The Morgan fingerprint density at radius 2 is 2.12 bits per heavy atom. The van der Waals surface area contributed by atoms with Gasteiger partial charge >= 0.3 is 0 Å². The van der Waals surface area contributed by atoms with Crippen LogP contribution in [0.4, 0.5) is 0 Å². The first kappa shape index (κ1) is 12.2. The third kappa shape index (κ3) is 3.35. The van der Waals surface area contributed by atoms with Crippen LogP contribution in [0.2, 0.25) is 0 Å². The first-order valence-electron chi connectivity index (χ1n) is 5.45. The molecule has 0 aliphatic carbocycles. The van der Waals surface area contributed by atoms with E-state index >= 15 is 0 Å². The summed E-state index contributed by atoms with van der Waals surface area (Å²) in [6, 6.07) is 9.74. The maximum absolute atomic E-state index is 6.12. The quantitative estimate of drug-likeness (QED) is 0.946. The van der Waals surface area contributed by atoms with Crippen molar-refractivity contribution in [2.45, 2.75) is 19.4 Å². The van der Waals surface area contributed by atoms with Crippen molar-refractivity contribution in [3.63, 3.8) is 0 Å². The Kier molecular flexibility index (Phi) is 3.86. The molecular formula is C13H14BrN3. The fourth-order valence-corrected chi connectivity index (χ4v) is 1.86. The summed E-state index contributed by atoms with van der Waals surface area (Å²) in [5, 5.41) is 0. The highest BCUT2D eigenvalue weighted by molar-refractivity contribution is 9.10. The molecule has 0 fully saturated rings. The summed E-state index contributed by atoms with van der Waals surface area (Å²) in [5.74, 6) is 0. The molecule has 0 radical (unpaired) electrons. The van der Waals surface area contributed by atoms with Gasteiger partial charge in [0.15, 0.2) is 0 Å². The Bertz CT molecular complexity index is 496. The zero-order valence-electron chi connectivity index (χ0n) is 9.60. The van der Waals surface area contributed by atoms with E-state index in [0.29, 0.717) is 6.42 Å². The summed E-state index contributed by atoms with van der Waals surface area (Å²) in [5.41, 5.74) is 9.00. The summed E-state index contributed by atoms with van der Waals surface area (Å²) < 4.78 is 0.975. The van der Waals surface area contributed by atoms with Crippen molar-refractivity contribution < 1.29 is 0 Å². The van der Waals surface area contributed by atoms with Gasteiger partial charge in [0.05, 0.1) is 11.7 Å². The van der Waals surface area contributed by atoms with Crippen molar-refractivity contribution in [3.05, 3.63) is 58.1 Å². The van der Waals surface area contributed by atoms with Crippen LogP contribution in [0.5, 0.6) is 0 Å². The lowest BCUT2D eigenvalue weighted by molar-refractivity contribution is 0.680. The molecule has 0 aliphatic heterocycles. The van der Waals surface area contributed by atoms with Crippen LogP contribution in [0.15, 0.2) is 41.0 Å². The van der Waals surface area contributed by atoms with Crippen molar-refractivity contribution >= 4 is 15.9 Å². The van der Waals surface area contributed by atoms with Crippen LogP contribution in [0, 0.1) is 6.92 Å². The Hall–Kier alpha value is -1.26. The predicted octanol–water partition coefficient (Wildman–Crippen LogP) is 2.79. The fraction of sp³-hybridized carbons (Fsp3) is 0.231. The van der Waals surface area contributed by atoms with Gasteiger partial charge in [-0.15, -0.1) is 0 Å². The molecule has 2 N–H and O–H groups in total. The Morgan fingerprint density at radius 1 is 1.29 bits per heavy atom. The Morgan fingerprint density at radius 3 is 2.76 bits per heavy atom. The summed E-state index contributed by atoms with van der Waals surface area (Å²) >= 11 is 3.36. The molecule has 2 heterocycles. The van der Waals surface area contributed by atoms with Gasteiger partial charge in [0.25, 0.3) is 0 Å². The Balaban J connectivity index is 2.11. The van der Waals surface area contributed by atoms with Crippen LogP contribution < -0.4 is 5.73 Å². The highest BCUT2D eigenvalue weighted by Crippen LogP contribution is 2.15. The summed E-state index contributed by atoms with van der Waals surface area (Å²) in [6.45, 7) is 1.97. The normalized spacial score (nSPS) is 12.4. The van der Waals surface area contributed by atoms with Gasteiger partial charge in [0, 0.05) is 28.5 Å². The lowest BCUT2D eigenvalue weighted by atomic mass is 10.1. The molecule has 0 saturated heterocycles. The molecule has 2 aromatic heterocycles. The van der Waals surface area contributed by atoms with Crippen LogP contribution in [-0.4, -0.2) is 9.97 Å². The maximum atomic E-state index is 6.12. The summed E-state index contributed by atoms with van der Waals surface area (Å²) in [4.78, 5) is 8.74. The second kappa shape index (κ2) is 5.38. The number of nitrogens with zero attached hydrogens (tertiary/aromatic N) is 2. The van der Waals surface area contributed by atoms with Crippen LogP contribution in [0.3, 0.4) is 0 Å². The highest BCUT2D eigenvalue weighted by Gasteiger charge is 2.09. The molecule has 1 unspecified atom stereocenters. The van der Waals surface area contributed by atoms with Gasteiger partial charge in [-0.3, -0.25) is 9.97 Å². The molecule has 88 valence electrons. The lowest BCUT2D eigenvalue weighted by Gasteiger charge is -2.11. The van der Waals surface area contributed by atoms with E-state index in [4.69, 9.17) is 5.73 Å². The van der Waals surface area contributed by atoms with Crippen molar-refractivity contribution in [2.24, 2.45) is 5.73 Å². The van der Waals surface area contributed by atoms with Gasteiger partial charge in [-0.1, -0.05) is 6.07 Å². The number of rotatable bonds is 3. The molecule has 0 amide bonds. The molecule has 2 aromatic rings. The van der Waals surface area contributed by atoms with E-state index < -0.39 is 0 Å². The second-order valence-corrected chi connectivity index (χ2v) is 4.90. The minimum atomic E-state index is -0.108. The number of aromatic nitrogens is 2. The molecule has 0 bridgehead atoms. The zero-order valence-corrected chi connectivity index (χ0v) is 11.2. The van der Waals surface area contributed by atoms with E-state index in [2.05, 4.69) is 25.9 Å². The van der Waals surface area contributed by atoms with Crippen LogP contribution in [0.25, 0.3) is 0 Å². The minimum Gasteiger partial charge on any atom is -0.322 e. The topological polar surface area (TPSA) is 51.8 Å². The average molecular weight is 292 g/mol. The third-order valence-electron chi connectivity index (χ3n) is 2.51. The van der Waals surface area contributed by atoms with E-state index in [1.54, 1.807) is 6.20 Å². The van der Waals surface area contributed by atoms with Gasteiger partial charge in [0.1, 0.15) is 0 Å².